The van der Waals surface area contributed by atoms with Gasteiger partial charge in [-0.25, -0.2) is 22.3 Å². The fraction of sp³-hybridized carbons (Fsp3) is 0.353. The number of halogens is 3. The lowest BCUT2D eigenvalue weighted by Gasteiger charge is -2.30. The zero-order valence-electron chi connectivity index (χ0n) is 14.8. The molecule has 1 aromatic heterocycles. The van der Waals surface area contributed by atoms with E-state index in [-0.39, 0.29) is 5.56 Å². The third-order valence-electron chi connectivity index (χ3n) is 3.59. The number of sulfone groups is 1. The minimum absolute atomic E-state index is 0.0680. The van der Waals surface area contributed by atoms with Crippen molar-refractivity contribution >= 4 is 32.4 Å². The molecule has 0 radical (unpaired) electrons. The van der Waals surface area contributed by atoms with E-state index in [1.54, 1.807) is 20.8 Å². The van der Waals surface area contributed by atoms with Crippen molar-refractivity contribution in [3.8, 4) is 0 Å². The van der Waals surface area contributed by atoms with E-state index in [9.17, 15) is 12.6 Å². The van der Waals surface area contributed by atoms with Crippen LogP contribution in [0.4, 0.5) is 8.78 Å². The number of nitrogens with one attached hydrogen (secondary N) is 1. The molecule has 0 aliphatic rings. The molecule has 0 aliphatic carbocycles. The molecule has 0 saturated heterocycles. The molecule has 0 aliphatic heterocycles. The summed E-state index contributed by atoms with van der Waals surface area (Å²) in [5, 5.41) is -4.79. The highest BCUT2D eigenvalue weighted by Gasteiger charge is 2.55. The Balaban J connectivity index is 2.57. The van der Waals surface area contributed by atoms with Crippen LogP contribution in [0.5, 0.6) is 0 Å². The van der Waals surface area contributed by atoms with E-state index in [1.807, 2.05) is 0 Å². The van der Waals surface area contributed by atoms with Crippen molar-refractivity contribution in [2.45, 2.75) is 41.8 Å². The van der Waals surface area contributed by atoms with Crippen LogP contribution in [0.1, 0.15) is 32.4 Å². The van der Waals surface area contributed by atoms with Gasteiger partial charge in [0.05, 0.1) is 15.7 Å². The minimum Gasteiger partial charge on any atom is -0.245 e. The van der Waals surface area contributed by atoms with E-state index >= 15 is 8.78 Å². The van der Waals surface area contributed by atoms with Crippen LogP contribution in [0.2, 0.25) is 5.02 Å². The van der Waals surface area contributed by atoms with Crippen LogP contribution in [0.15, 0.2) is 53.7 Å². The van der Waals surface area contributed by atoms with Crippen molar-refractivity contribution in [3.63, 3.8) is 0 Å². The molecule has 1 aromatic carbocycles. The molecule has 2 aromatic rings. The second-order valence-corrected chi connectivity index (χ2v) is 11.1. The number of rotatable bonds is 6. The summed E-state index contributed by atoms with van der Waals surface area (Å²) in [5.74, 6) is 0. The van der Waals surface area contributed by atoms with Gasteiger partial charge in [0.15, 0.2) is 5.03 Å². The van der Waals surface area contributed by atoms with Crippen LogP contribution in [-0.2, 0) is 20.8 Å². The van der Waals surface area contributed by atoms with Gasteiger partial charge in [0.25, 0.3) is 9.84 Å². The van der Waals surface area contributed by atoms with Crippen LogP contribution >= 0.6 is 11.6 Å². The minimum atomic E-state index is -5.16. The number of aromatic nitrogens is 1. The predicted octanol–water partition coefficient (Wildman–Crippen LogP) is 3.89. The summed E-state index contributed by atoms with van der Waals surface area (Å²) >= 11 is 5.80. The molecule has 2 rings (SSSR count). The summed E-state index contributed by atoms with van der Waals surface area (Å²) in [5.41, 5.74) is -0.0680. The third-order valence-corrected chi connectivity index (χ3v) is 7.15. The molecule has 5 nitrogen and oxygen atoms in total. The quantitative estimate of drug-likeness (QED) is 0.745. The molecule has 27 heavy (non-hydrogen) atoms. The molecule has 148 valence electrons. The van der Waals surface area contributed by atoms with Crippen LogP contribution in [0.3, 0.4) is 0 Å². The summed E-state index contributed by atoms with van der Waals surface area (Å²) in [6.07, 6.45) is 1.11. The smallest absolute Gasteiger partial charge is 0.245 e. The number of hydrogen-bond donors (Lipinski definition) is 1. The molecular formula is C17H19ClF2N2O3S2. The summed E-state index contributed by atoms with van der Waals surface area (Å²) in [4.78, 5) is 3.54. The van der Waals surface area contributed by atoms with Crippen molar-refractivity contribution in [1.82, 2.24) is 9.71 Å². The lowest BCUT2D eigenvalue weighted by atomic mass is 10.1. The number of benzene rings is 1. The molecule has 0 fully saturated rings. The first-order valence-electron chi connectivity index (χ1n) is 7.84. The molecule has 10 heteroatoms. The van der Waals surface area contributed by atoms with Crippen LogP contribution in [0.25, 0.3) is 0 Å². The third kappa shape index (κ3) is 4.71. The average molecular weight is 437 g/mol. The van der Waals surface area contributed by atoms with Gasteiger partial charge in [0.2, 0.25) is 0 Å². The molecule has 1 N–H and O–H groups in total. The maximum Gasteiger partial charge on any atom is 0.371 e. The first kappa shape index (κ1) is 21.9. The van der Waals surface area contributed by atoms with Crippen molar-refractivity contribution in [2.24, 2.45) is 0 Å². The van der Waals surface area contributed by atoms with Crippen molar-refractivity contribution in [2.75, 3.05) is 0 Å². The van der Waals surface area contributed by atoms with Crippen molar-refractivity contribution < 1.29 is 21.4 Å². The van der Waals surface area contributed by atoms with Crippen LogP contribution in [0, 0.1) is 0 Å². The molecule has 0 spiro atoms. The number of nitrogens with zero attached hydrogens (tertiary/aromatic N) is 1. The second-order valence-electron chi connectivity index (χ2n) is 6.72. The van der Waals surface area contributed by atoms with Crippen LogP contribution in [-0.4, -0.2) is 27.6 Å². The van der Waals surface area contributed by atoms with Crippen molar-refractivity contribution in [3.05, 3.63) is 59.2 Å². The van der Waals surface area contributed by atoms with Crippen molar-refractivity contribution in [1.29, 1.82) is 0 Å². The van der Waals surface area contributed by atoms with E-state index in [1.165, 1.54) is 36.4 Å². The Labute approximate surface area is 164 Å². The Morgan fingerprint density at radius 1 is 1.11 bits per heavy atom. The van der Waals surface area contributed by atoms with E-state index < -0.39 is 41.9 Å². The average Bonchev–Trinajstić information content (AvgIpc) is 2.60. The fourth-order valence-electron chi connectivity index (χ4n) is 2.07. The van der Waals surface area contributed by atoms with Gasteiger partial charge in [0, 0.05) is 11.2 Å². The topological polar surface area (TPSA) is 76.1 Å². The largest absolute Gasteiger partial charge is 0.371 e. The van der Waals surface area contributed by atoms with E-state index in [0.29, 0.717) is 5.02 Å². The maximum atomic E-state index is 15.2. The zero-order valence-corrected chi connectivity index (χ0v) is 17.2. The maximum absolute atomic E-state index is 15.2. The number of alkyl halides is 2. The SMILES string of the molecule is CC(C)(C)[S@@](=O)N[C@@H](c1ccc(Cl)cc1)C(F)(F)S(=O)(=O)c1ccccn1. The molecule has 0 unspecified atom stereocenters. The van der Waals surface area contributed by atoms with E-state index in [0.717, 1.165) is 12.3 Å². The van der Waals surface area contributed by atoms with Gasteiger partial charge >= 0.3 is 5.25 Å². The molecular weight excluding hydrogens is 418 g/mol. The van der Waals surface area contributed by atoms with Gasteiger partial charge < -0.3 is 0 Å². The summed E-state index contributed by atoms with van der Waals surface area (Å²) in [7, 11) is -7.12. The van der Waals surface area contributed by atoms with Gasteiger partial charge in [0.1, 0.15) is 6.04 Å². The Morgan fingerprint density at radius 2 is 1.70 bits per heavy atom. The Bertz CT molecular complexity index is 915. The normalized spacial score (nSPS) is 15.3. The monoisotopic (exact) mass is 436 g/mol. The van der Waals surface area contributed by atoms with E-state index in [2.05, 4.69) is 9.71 Å². The fourth-order valence-corrected chi connectivity index (χ4v) is 4.36. The second kappa shape index (κ2) is 7.90. The Morgan fingerprint density at radius 3 is 2.19 bits per heavy atom. The van der Waals surface area contributed by atoms with Gasteiger partial charge in [-0.1, -0.05) is 29.8 Å². The summed E-state index contributed by atoms with van der Waals surface area (Å²) in [6.45, 7) is 4.75. The molecule has 0 saturated carbocycles. The number of hydrogen-bond acceptors (Lipinski definition) is 4. The Kier molecular flexibility index (Phi) is 6.40. The first-order chi connectivity index (χ1) is 12.4. The highest BCUT2D eigenvalue weighted by molar-refractivity contribution is 7.92. The summed E-state index contributed by atoms with van der Waals surface area (Å²) in [6, 6.07) is 6.88. The number of pyridine rings is 1. The Hall–Kier alpha value is -1.42. The van der Waals surface area contributed by atoms with Gasteiger partial charge in [-0.2, -0.15) is 8.78 Å². The van der Waals surface area contributed by atoms with Gasteiger partial charge in [-0.05, 0) is 50.6 Å². The van der Waals surface area contributed by atoms with Crippen LogP contribution < -0.4 is 4.72 Å². The molecule has 1 heterocycles. The van der Waals surface area contributed by atoms with E-state index in [4.69, 9.17) is 11.6 Å². The highest BCUT2D eigenvalue weighted by atomic mass is 35.5. The molecule has 0 amide bonds. The molecule has 2 atom stereocenters. The molecule has 0 bridgehead atoms. The van der Waals surface area contributed by atoms with Gasteiger partial charge in [-0.3, -0.25) is 0 Å². The lowest BCUT2D eigenvalue weighted by Crippen LogP contribution is -2.47. The summed E-state index contributed by atoms with van der Waals surface area (Å²) < 4.78 is 69.5. The predicted molar refractivity (Wildman–Crippen MR) is 102 cm³/mol. The zero-order chi connectivity index (χ0) is 20.5. The lowest BCUT2D eigenvalue weighted by molar-refractivity contribution is 0.0556. The van der Waals surface area contributed by atoms with Gasteiger partial charge in [-0.15, -0.1) is 0 Å². The standard InChI is InChI=1S/C17H19ClF2N2O3S2/c1-16(2,3)26(23)22-15(12-7-9-13(18)10-8-12)17(19,20)27(24,25)14-6-4-5-11-21-14/h4-11,15,22H,1-3H3/t15-,26+/m0/s1. The first-order valence-corrected chi connectivity index (χ1v) is 10.9. The highest BCUT2D eigenvalue weighted by Crippen LogP contribution is 2.40.